The van der Waals surface area contributed by atoms with Crippen molar-refractivity contribution in [3.63, 3.8) is 0 Å². The zero-order valence-corrected chi connectivity index (χ0v) is 7.95. The summed E-state index contributed by atoms with van der Waals surface area (Å²) in [4.78, 5) is 0. The number of hydrazone groups is 1. The largest absolute Gasteiger partial charge is 0.231 e. The van der Waals surface area contributed by atoms with Crippen LogP contribution >= 0.6 is 22.6 Å². The maximum absolute atomic E-state index is 5.48. The van der Waals surface area contributed by atoms with E-state index in [2.05, 4.69) is 34.6 Å². The average molecular weight is 251 g/mol. The van der Waals surface area contributed by atoms with E-state index in [4.69, 9.17) is 5.84 Å². The second kappa shape index (κ2) is 3.34. The Balaban J connectivity index is 2.67. The molecule has 1 atom stereocenters. The van der Waals surface area contributed by atoms with Crippen molar-refractivity contribution in [1.29, 1.82) is 0 Å². The number of halogens is 1. The molecular weight excluding hydrogens is 241 g/mol. The van der Waals surface area contributed by atoms with Crippen LogP contribution in [0.1, 0.15) is 6.92 Å². The van der Waals surface area contributed by atoms with E-state index in [1.807, 2.05) is 6.08 Å². The summed E-state index contributed by atoms with van der Waals surface area (Å²) in [5, 5.41) is 5.39. The van der Waals surface area contributed by atoms with E-state index >= 15 is 0 Å². The Morgan fingerprint density at radius 2 is 2.60 bits per heavy atom. The maximum atomic E-state index is 5.48. The highest BCUT2D eigenvalue weighted by Crippen LogP contribution is 2.13. The Labute approximate surface area is 74.1 Å². The van der Waals surface area contributed by atoms with Crippen LogP contribution in [-0.2, 0) is 0 Å². The molecule has 1 unspecified atom stereocenters. The lowest BCUT2D eigenvalue weighted by Gasteiger charge is -2.13. The lowest BCUT2D eigenvalue weighted by molar-refractivity contribution is 0.313. The van der Waals surface area contributed by atoms with Gasteiger partial charge in [0.15, 0.2) is 0 Å². The van der Waals surface area contributed by atoms with Crippen LogP contribution in [0, 0.1) is 0 Å². The van der Waals surface area contributed by atoms with Gasteiger partial charge in [-0.15, -0.1) is 0 Å². The molecule has 0 spiro atoms. The van der Waals surface area contributed by atoms with Crippen molar-refractivity contribution in [2.24, 2.45) is 10.9 Å². The minimum Gasteiger partial charge on any atom is -0.231 e. The molecule has 0 aromatic heterocycles. The molecule has 0 aliphatic carbocycles. The molecule has 0 radical (unpaired) electrons. The van der Waals surface area contributed by atoms with Crippen LogP contribution < -0.4 is 5.84 Å². The SMILES string of the molecule is CC1=CC=NN(N)CC1I. The van der Waals surface area contributed by atoms with Gasteiger partial charge in [-0.25, -0.2) is 11.0 Å². The first-order valence-corrected chi connectivity index (χ1v) is 4.32. The van der Waals surface area contributed by atoms with E-state index in [1.54, 1.807) is 6.21 Å². The van der Waals surface area contributed by atoms with Gasteiger partial charge in [0.2, 0.25) is 0 Å². The molecule has 0 bridgehead atoms. The Morgan fingerprint density at radius 1 is 1.90 bits per heavy atom. The quantitative estimate of drug-likeness (QED) is 0.395. The summed E-state index contributed by atoms with van der Waals surface area (Å²) in [5.74, 6) is 5.48. The van der Waals surface area contributed by atoms with Crippen molar-refractivity contribution in [3.05, 3.63) is 11.6 Å². The molecule has 0 amide bonds. The zero-order valence-electron chi connectivity index (χ0n) is 5.79. The average Bonchev–Trinajstić information content (AvgIpc) is 1.96. The van der Waals surface area contributed by atoms with E-state index in [-0.39, 0.29) is 0 Å². The fraction of sp³-hybridized carbons (Fsp3) is 0.500. The first-order chi connectivity index (χ1) is 4.70. The smallest absolute Gasteiger partial charge is 0.0686 e. The number of hydrazine groups is 1. The third kappa shape index (κ3) is 1.95. The van der Waals surface area contributed by atoms with Gasteiger partial charge in [-0.3, -0.25) is 0 Å². The van der Waals surface area contributed by atoms with Crippen molar-refractivity contribution < 1.29 is 0 Å². The molecule has 0 saturated carbocycles. The molecule has 0 aromatic rings. The van der Waals surface area contributed by atoms with Crippen molar-refractivity contribution in [2.75, 3.05) is 6.54 Å². The fourth-order valence-corrected chi connectivity index (χ4v) is 1.31. The van der Waals surface area contributed by atoms with Crippen LogP contribution in [-0.4, -0.2) is 21.8 Å². The predicted molar refractivity (Wildman–Crippen MR) is 51.0 cm³/mol. The standard InChI is InChI=1S/C6H10IN3/c1-5-2-3-9-10(8)4-6(5)7/h2-3,6H,4,8H2,1H3. The second-order valence-corrected chi connectivity index (χ2v) is 3.77. The molecule has 1 aliphatic rings. The van der Waals surface area contributed by atoms with Gasteiger partial charge in [-0.2, -0.15) is 5.10 Å². The van der Waals surface area contributed by atoms with E-state index < -0.39 is 0 Å². The minimum absolute atomic E-state index is 0.477. The van der Waals surface area contributed by atoms with Crippen LogP contribution in [0.25, 0.3) is 0 Å². The van der Waals surface area contributed by atoms with Gasteiger partial charge in [0, 0.05) is 6.21 Å². The second-order valence-electron chi connectivity index (χ2n) is 2.26. The number of rotatable bonds is 0. The molecule has 0 saturated heterocycles. The number of alkyl halides is 1. The zero-order chi connectivity index (χ0) is 7.56. The molecular formula is C6H10IN3. The third-order valence-electron chi connectivity index (χ3n) is 1.39. The van der Waals surface area contributed by atoms with Crippen molar-refractivity contribution >= 4 is 28.8 Å². The van der Waals surface area contributed by atoms with Crippen molar-refractivity contribution in [3.8, 4) is 0 Å². The van der Waals surface area contributed by atoms with Gasteiger partial charge in [0.05, 0.1) is 10.5 Å². The lowest BCUT2D eigenvalue weighted by Crippen LogP contribution is -2.30. The Morgan fingerprint density at radius 3 is 3.30 bits per heavy atom. The fourth-order valence-electron chi connectivity index (χ4n) is 0.696. The molecule has 1 rings (SSSR count). The predicted octanol–water partition coefficient (Wildman–Crippen LogP) is 0.911. The molecule has 0 fully saturated rings. The Hall–Kier alpha value is -0.100. The van der Waals surface area contributed by atoms with E-state index in [9.17, 15) is 0 Å². The summed E-state index contributed by atoms with van der Waals surface area (Å²) in [6.45, 7) is 2.88. The summed E-state index contributed by atoms with van der Waals surface area (Å²) in [5.41, 5.74) is 1.32. The van der Waals surface area contributed by atoms with Crippen LogP contribution in [0.4, 0.5) is 0 Å². The Bertz CT molecular complexity index is 176. The molecule has 56 valence electrons. The molecule has 3 nitrogen and oxygen atoms in total. The number of nitrogens with zero attached hydrogens (tertiary/aromatic N) is 2. The highest BCUT2D eigenvalue weighted by molar-refractivity contribution is 14.1. The highest BCUT2D eigenvalue weighted by Gasteiger charge is 2.10. The molecule has 0 aromatic carbocycles. The number of allylic oxidation sites excluding steroid dienone is 1. The van der Waals surface area contributed by atoms with E-state index in [0.717, 1.165) is 6.54 Å². The minimum atomic E-state index is 0.477. The maximum Gasteiger partial charge on any atom is 0.0686 e. The lowest BCUT2D eigenvalue weighted by atomic mass is 10.2. The first-order valence-electron chi connectivity index (χ1n) is 3.07. The highest BCUT2D eigenvalue weighted by atomic mass is 127. The molecule has 4 heteroatoms. The van der Waals surface area contributed by atoms with Gasteiger partial charge in [-0.1, -0.05) is 28.2 Å². The topological polar surface area (TPSA) is 41.6 Å². The summed E-state index contributed by atoms with van der Waals surface area (Å²) in [6.07, 6.45) is 3.72. The molecule has 1 aliphatic heterocycles. The Kier molecular flexibility index (Phi) is 2.67. The van der Waals surface area contributed by atoms with Gasteiger partial charge in [0.1, 0.15) is 0 Å². The van der Waals surface area contributed by atoms with Gasteiger partial charge >= 0.3 is 0 Å². The summed E-state index contributed by atoms with van der Waals surface area (Å²) < 4.78 is 0.477. The van der Waals surface area contributed by atoms with Gasteiger partial charge in [0.25, 0.3) is 0 Å². The van der Waals surface area contributed by atoms with Gasteiger partial charge < -0.3 is 0 Å². The molecule has 10 heavy (non-hydrogen) atoms. The van der Waals surface area contributed by atoms with E-state index in [0.29, 0.717) is 3.92 Å². The number of hydrogen-bond donors (Lipinski definition) is 1. The van der Waals surface area contributed by atoms with Gasteiger partial charge in [-0.05, 0) is 13.0 Å². The van der Waals surface area contributed by atoms with Crippen LogP contribution in [0.2, 0.25) is 0 Å². The number of nitrogens with two attached hydrogens (primary N) is 1. The third-order valence-corrected chi connectivity index (χ3v) is 2.77. The summed E-state index contributed by atoms with van der Waals surface area (Å²) in [6, 6.07) is 0. The first kappa shape index (κ1) is 8.00. The van der Waals surface area contributed by atoms with Crippen LogP contribution in [0.3, 0.4) is 0 Å². The summed E-state index contributed by atoms with van der Waals surface area (Å²) >= 11 is 2.35. The van der Waals surface area contributed by atoms with E-state index in [1.165, 1.54) is 10.7 Å². The summed E-state index contributed by atoms with van der Waals surface area (Å²) in [7, 11) is 0. The molecule has 2 N–H and O–H groups in total. The van der Waals surface area contributed by atoms with Crippen LogP contribution in [0.5, 0.6) is 0 Å². The normalized spacial score (nSPS) is 26.1. The van der Waals surface area contributed by atoms with Crippen molar-refractivity contribution in [2.45, 2.75) is 10.8 Å². The van der Waals surface area contributed by atoms with Crippen LogP contribution in [0.15, 0.2) is 16.8 Å². The van der Waals surface area contributed by atoms with Crippen molar-refractivity contribution in [1.82, 2.24) is 5.12 Å². The molecule has 1 heterocycles. The number of hydrogen-bond acceptors (Lipinski definition) is 3. The monoisotopic (exact) mass is 251 g/mol.